The van der Waals surface area contributed by atoms with E-state index in [0.717, 1.165) is 22.3 Å². The molecule has 146 valence electrons. The van der Waals surface area contributed by atoms with Gasteiger partial charge in [-0.2, -0.15) is 5.10 Å². The van der Waals surface area contributed by atoms with Crippen molar-refractivity contribution in [2.24, 2.45) is 12.0 Å². The number of guanidine groups is 1. The van der Waals surface area contributed by atoms with E-state index >= 15 is 0 Å². The Labute approximate surface area is 163 Å². The van der Waals surface area contributed by atoms with Crippen LogP contribution in [0.2, 0.25) is 0 Å². The van der Waals surface area contributed by atoms with Crippen LogP contribution in [-0.2, 0) is 18.4 Å². The molecule has 0 aromatic carbocycles. The van der Waals surface area contributed by atoms with Gasteiger partial charge in [0.2, 0.25) is 5.91 Å². The summed E-state index contributed by atoms with van der Waals surface area (Å²) in [4.78, 5) is 26.7. The number of carbonyl (C=O) groups excluding carboxylic acids is 1. The van der Waals surface area contributed by atoms with E-state index in [1.54, 1.807) is 34.2 Å². The molecule has 3 rings (SSSR count). The Kier molecular flexibility index (Phi) is 5.79. The van der Waals surface area contributed by atoms with Gasteiger partial charge in [0.15, 0.2) is 5.96 Å². The van der Waals surface area contributed by atoms with Crippen molar-refractivity contribution >= 4 is 28.9 Å². The van der Waals surface area contributed by atoms with E-state index in [-0.39, 0.29) is 5.91 Å². The minimum atomic E-state index is 0.0457. The summed E-state index contributed by atoms with van der Waals surface area (Å²) >= 11 is 1.71. The molecule has 0 atom stereocenters. The molecule has 27 heavy (non-hydrogen) atoms. The molecule has 1 N–H and O–H groups in total. The van der Waals surface area contributed by atoms with E-state index in [9.17, 15) is 4.79 Å². The lowest BCUT2D eigenvalue weighted by molar-refractivity contribution is -0.120. The first-order valence-electron chi connectivity index (χ1n) is 9.09. The number of piperazine rings is 1. The number of aliphatic imine (C=N–C) groups is 1. The molecule has 1 saturated heterocycles. The predicted molar refractivity (Wildman–Crippen MR) is 108 cm³/mol. The fourth-order valence-corrected chi connectivity index (χ4v) is 4.27. The maximum atomic E-state index is 12.6. The van der Waals surface area contributed by atoms with E-state index in [4.69, 9.17) is 4.98 Å². The summed E-state index contributed by atoms with van der Waals surface area (Å²) in [5.74, 6) is 1.20. The Morgan fingerprint density at radius 3 is 2.74 bits per heavy atom. The van der Waals surface area contributed by atoms with Crippen molar-refractivity contribution in [3.8, 4) is 0 Å². The normalized spacial score (nSPS) is 15.8. The molecule has 1 aliphatic heterocycles. The zero-order valence-electron chi connectivity index (χ0n) is 16.6. The van der Waals surface area contributed by atoms with Crippen molar-refractivity contribution in [1.29, 1.82) is 0 Å². The van der Waals surface area contributed by atoms with E-state index in [1.807, 2.05) is 18.1 Å². The number of aryl methyl sites for hydroxylation is 2. The Morgan fingerprint density at radius 2 is 2.19 bits per heavy atom. The van der Waals surface area contributed by atoms with Crippen LogP contribution in [0.4, 0.5) is 5.69 Å². The summed E-state index contributed by atoms with van der Waals surface area (Å²) in [6, 6.07) is 0. The molecule has 3 heterocycles. The Morgan fingerprint density at radius 1 is 1.41 bits per heavy atom. The van der Waals surface area contributed by atoms with Crippen molar-refractivity contribution in [1.82, 2.24) is 25.0 Å². The second-order valence-electron chi connectivity index (χ2n) is 6.94. The van der Waals surface area contributed by atoms with Crippen LogP contribution >= 0.6 is 11.3 Å². The van der Waals surface area contributed by atoms with Gasteiger partial charge in [-0.25, -0.2) is 4.98 Å². The maximum Gasteiger partial charge on any atom is 0.246 e. The van der Waals surface area contributed by atoms with Crippen LogP contribution in [0.1, 0.15) is 35.3 Å². The van der Waals surface area contributed by atoms with Crippen LogP contribution < -0.4 is 10.2 Å². The van der Waals surface area contributed by atoms with Crippen LogP contribution in [0.5, 0.6) is 0 Å². The molecule has 1 fully saturated rings. The van der Waals surface area contributed by atoms with Crippen molar-refractivity contribution in [3.05, 3.63) is 28.0 Å². The standard InChI is InChI=1S/C18H27N7OS/c1-12(2)17-13(3)27-15(22-17)9-20-18(19-4)24-6-7-25(16(26)11-24)14-8-21-23(5)10-14/h8,10,12H,6-7,9,11H2,1-5H3,(H,19,20). The summed E-state index contributed by atoms with van der Waals surface area (Å²) in [6.07, 6.45) is 3.58. The first kappa shape index (κ1) is 19.3. The second-order valence-corrected chi connectivity index (χ2v) is 8.23. The largest absolute Gasteiger partial charge is 0.350 e. The highest BCUT2D eigenvalue weighted by Crippen LogP contribution is 2.24. The van der Waals surface area contributed by atoms with Crippen molar-refractivity contribution < 1.29 is 4.79 Å². The number of hydrogen-bond donors (Lipinski definition) is 1. The molecule has 0 radical (unpaired) electrons. The molecule has 9 heteroatoms. The molecular formula is C18H27N7OS. The summed E-state index contributed by atoms with van der Waals surface area (Å²) < 4.78 is 1.71. The minimum Gasteiger partial charge on any atom is -0.350 e. The number of amides is 1. The van der Waals surface area contributed by atoms with Gasteiger partial charge in [0, 0.05) is 38.3 Å². The topological polar surface area (TPSA) is 78.7 Å². The van der Waals surface area contributed by atoms with Gasteiger partial charge in [0.05, 0.1) is 24.1 Å². The molecule has 1 aliphatic rings. The zero-order valence-corrected chi connectivity index (χ0v) is 17.4. The number of hydrogen-bond acceptors (Lipinski definition) is 5. The molecule has 1 amide bonds. The quantitative estimate of drug-likeness (QED) is 0.636. The monoisotopic (exact) mass is 389 g/mol. The first-order chi connectivity index (χ1) is 12.9. The SMILES string of the molecule is CN=C(NCc1nc(C(C)C)c(C)s1)N1CCN(c2cnn(C)c2)C(=O)C1. The smallest absolute Gasteiger partial charge is 0.246 e. The number of nitrogens with zero attached hydrogens (tertiary/aromatic N) is 6. The highest BCUT2D eigenvalue weighted by Gasteiger charge is 2.27. The second kappa shape index (κ2) is 8.08. The Balaban J connectivity index is 1.60. The van der Waals surface area contributed by atoms with Crippen molar-refractivity contribution in [2.45, 2.75) is 33.2 Å². The Bertz CT molecular complexity index is 839. The van der Waals surface area contributed by atoms with Crippen molar-refractivity contribution in [3.63, 3.8) is 0 Å². The molecule has 2 aromatic rings. The van der Waals surface area contributed by atoms with E-state index in [2.05, 4.69) is 36.2 Å². The fraction of sp³-hybridized carbons (Fsp3) is 0.556. The fourth-order valence-electron chi connectivity index (χ4n) is 3.24. The predicted octanol–water partition coefficient (Wildman–Crippen LogP) is 1.73. The van der Waals surface area contributed by atoms with Crippen LogP contribution in [0, 0.1) is 6.92 Å². The van der Waals surface area contributed by atoms with Crippen LogP contribution in [0.3, 0.4) is 0 Å². The van der Waals surface area contributed by atoms with Gasteiger partial charge >= 0.3 is 0 Å². The average molecular weight is 390 g/mol. The highest BCUT2D eigenvalue weighted by atomic mass is 32.1. The lowest BCUT2D eigenvalue weighted by atomic mass is 10.1. The number of thiazole rings is 1. The molecule has 0 bridgehead atoms. The molecule has 0 saturated carbocycles. The number of carbonyl (C=O) groups is 1. The molecule has 0 unspecified atom stereocenters. The molecule has 8 nitrogen and oxygen atoms in total. The minimum absolute atomic E-state index is 0.0457. The third kappa shape index (κ3) is 4.29. The van der Waals surface area contributed by atoms with Gasteiger partial charge in [-0.1, -0.05) is 13.8 Å². The van der Waals surface area contributed by atoms with E-state index < -0.39 is 0 Å². The lowest BCUT2D eigenvalue weighted by Gasteiger charge is -2.35. The lowest BCUT2D eigenvalue weighted by Crippen LogP contribution is -2.55. The van der Waals surface area contributed by atoms with Gasteiger partial charge in [-0.15, -0.1) is 11.3 Å². The number of rotatable bonds is 4. The molecular weight excluding hydrogens is 362 g/mol. The van der Waals surface area contributed by atoms with Crippen LogP contribution in [0.25, 0.3) is 0 Å². The molecule has 0 aliphatic carbocycles. The highest BCUT2D eigenvalue weighted by molar-refractivity contribution is 7.11. The van der Waals surface area contributed by atoms with Crippen LogP contribution in [-0.4, -0.2) is 58.2 Å². The van der Waals surface area contributed by atoms with E-state index in [1.165, 1.54) is 4.88 Å². The summed E-state index contributed by atoms with van der Waals surface area (Å²) in [7, 11) is 3.59. The average Bonchev–Trinajstić information content (AvgIpc) is 3.21. The molecule has 2 aromatic heterocycles. The first-order valence-corrected chi connectivity index (χ1v) is 9.91. The number of aromatic nitrogens is 3. The van der Waals surface area contributed by atoms with Gasteiger partial charge in [0.1, 0.15) is 11.6 Å². The number of anilines is 1. The third-order valence-corrected chi connectivity index (χ3v) is 5.54. The summed E-state index contributed by atoms with van der Waals surface area (Å²) in [6.45, 7) is 8.66. The summed E-state index contributed by atoms with van der Waals surface area (Å²) in [5, 5.41) is 8.54. The summed E-state index contributed by atoms with van der Waals surface area (Å²) in [5.41, 5.74) is 2.00. The van der Waals surface area contributed by atoms with Gasteiger partial charge in [-0.05, 0) is 12.8 Å². The van der Waals surface area contributed by atoms with Crippen molar-refractivity contribution in [2.75, 3.05) is 31.6 Å². The maximum absolute atomic E-state index is 12.6. The number of nitrogens with one attached hydrogen (secondary N) is 1. The molecule has 0 spiro atoms. The van der Waals surface area contributed by atoms with Gasteiger partial charge in [-0.3, -0.25) is 14.5 Å². The zero-order chi connectivity index (χ0) is 19.6. The Hall–Kier alpha value is -2.42. The van der Waals surface area contributed by atoms with Gasteiger partial charge in [0.25, 0.3) is 0 Å². The van der Waals surface area contributed by atoms with Gasteiger partial charge < -0.3 is 15.1 Å². The third-order valence-electron chi connectivity index (χ3n) is 4.56. The van der Waals surface area contributed by atoms with E-state index in [0.29, 0.717) is 32.1 Å². The van der Waals surface area contributed by atoms with Crippen LogP contribution in [0.15, 0.2) is 17.4 Å².